The van der Waals surface area contributed by atoms with Crippen LogP contribution in [0.4, 0.5) is 5.95 Å². The Bertz CT molecular complexity index is 500. The third-order valence-electron chi connectivity index (χ3n) is 4.29. The molecule has 3 rings (SSSR count). The summed E-state index contributed by atoms with van der Waals surface area (Å²) in [6.07, 6.45) is 3.88. The van der Waals surface area contributed by atoms with Crippen molar-refractivity contribution in [3.8, 4) is 6.01 Å². The van der Waals surface area contributed by atoms with E-state index in [1.165, 1.54) is 25.8 Å². The van der Waals surface area contributed by atoms with E-state index in [0.29, 0.717) is 30.6 Å². The van der Waals surface area contributed by atoms with Gasteiger partial charge in [0.1, 0.15) is 0 Å². The van der Waals surface area contributed by atoms with Crippen molar-refractivity contribution < 1.29 is 4.74 Å². The Labute approximate surface area is 130 Å². The molecule has 0 aliphatic carbocycles. The normalized spacial score (nSPS) is 26.5. The van der Waals surface area contributed by atoms with E-state index in [2.05, 4.69) is 31.7 Å². The molecule has 0 saturated carbocycles. The van der Waals surface area contributed by atoms with Gasteiger partial charge in [-0.1, -0.05) is 6.42 Å². The minimum atomic E-state index is 0.196. The molecule has 1 aromatic rings. The van der Waals surface area contributed by atoms with Gasteiger partial charge in [-0.15, -0.1) is 0 Å². The maximum Gasteiger partial charge on any atom is 0.322 e. The van der Waals surface area contributed by atoms with Crippen LogP contribution in [0.2, 0.25) is 5.28 Å². The van der Waals surface area contributed by atoms with Crippen molar-refractivity contribution in [2.45, 2.75) is 45.2 Å². The van der Waals surface area contributed by atoms with E-state index in [9.17, 15) is 0 Å². The van der Waals surface area contributed by atoms with Crippen LogP contribution >= 0.6 is 11.6 Å². The van der Waals surface area contributed by atoms with Gasteiger partial charge in [-0.25, -0.2) is 0 Å². The molecular formula is C14H22ClN5O. The first-order valence-electron chi connectivity index (χ1n) is 7.72. The molecule has 0 aromatic carbocycles. The molecular weight excluding hydrogens is 290 g/mol. The van der Waals surface area contributed by atoms with Crippen molar-refractivity contribution in [2.75, 3.05) is 31.1 Å². The number of piperazine rings is 1. The molecule has 1 aromatic heterocycles. The number of hydrogen-bond acceptors (Lipinski definition) is 6. The lowest BCUT2D eigenvalue weighted by atomic mass is 9.97. The highest BCUT2D eigenvalue weighted by atomic mass is 35.5. The SMILES string of the molecule is CCOc1nc(Cl)nc(N2CC3CCCCN3CC2C)n1. The van der Waals surface area contributed by atoms with Gasteiger partial charge in [-0.2, -0.15) is 15.0 Å². The van der Waals surface area contributed by atoms with Crippen LogP contribution in [0.5, 0.6) is 6.01 Å². The molecule has 0 radical (unpaired) electrons. The van der Waals surface area contributed by atoms with E-state index in [1.54, 1.807) is 0 Å². The summed E-state index contributed by atoms with van der Waals surface area (Å²) in [6, 6.07) is 1.28. The van der Waals surface area contributed by atoms with Gasteiger partial charge in [0.05, 0.1) is 6.61 Å². The monoisotopic (exact) mass is 311 g/mol. The van der Waals surface area contributed by atoms with Crippen molar-refractivity contribution in [3.63, 3.8) is 0 Å². The minimum absolute atomic E-state index is 0.196. The summed E-state index contributed by atoms with van der Waals surface area (Å²) in [5.74, 6) is 0.635. The molecule has 2 atom stereocenters. The second-order valence-corrected chi connectivity index (χ2v) is 6.10. The molecule has 0 amide bonds. The Morgan fingerprint density at radius 2 is 2.10 bits per heavy atom. The van der Waals surface area contributed by atoms with Crippen LogP contribution in [-0.2, 0) is 0 Å². The second kappa shape index (κ2) is 6.32. The molecule has 6 nitrogen and oxygen atoms in total. The van der Waals surface area contributed by atoms with Gasteiger partial charge < -0.3 is 9.64 Å². The Hall–Kier alpha value is -1.14. The number of halogens is 1. The zero-order valence-electron chi connectivity index (χ0n) is 12.6. The highest BCUT2D eigenvalue weighted by Crippen LogP contribution is 2.27. The molecule has 2 unspecified atom stereocenters. The van der Waals surface area contributed by atoms with Gasteiger partial charge in [0.15, 0.2) is 0 Å². The van der Waals surface area contributed by atoms with Crippen molar-refractivity contribution in [2.24, 2.45) is 0 Å². The van der Waals surface area contributed by atoms with Crippen LogP contribution in [-0.4, -0.2) is 58.2 Å². The van der Waals surface area contributed by atoms with Crippen LogP contribution in [0, 0.1) is 0 Å². The number of rotatable bonds is 3. The molecule has 2 aliphatic heterocycles. The summed E-state index contributed by atoms with van der Waals surface area (Å²) in [7, 11) is 0. The van der Waals surface area contributed by atoms with Crippen LogP contribution in [0.1, 0.15) is 33.1 Å². The van der Waals surface area contributed by atoms with Gasteiger partial charge in [-0.05, 0) is 44.8 Å². The summed E-state index contributed by atoms with van der Waals surface area (Å²) < 4.78 is 5.38. The lowest BCUT2D eigenvalue weighted by molar-refractivity contribution is 0.114. The number of ether oxygens (including phenoxy) is 1. The summed E-state index contributed by atoms with van der Waals surface area (Å²) in [5.41, 5.74) is 0. The Kier molecular flexibility index (Phi) is 4.45. The van der Waals surface area contributed by atoms with E-state index in [4.69, 9.17) is 16.3 Å². The second-order valence-electron chi connectivity index (χ2n) is 5.77. The predicted octanol–water partition coefficient (Wildman–Crippen LogP) is 1.99. The Balaban J connectivity index is 1.82. The Morgan fingerprint density at radius 1 is 1.24 bits per heavy atom. The van der Waals surface area contributed by atoms with E-state index in [0.717, 1.165) is 13.1 Å². The standard InChI is InChI=1S/C14H22ClN5O/c1-3-21-14-17-12(15)16-13(18-14)20-9-11-6-4-5-7-19(11)8-10(20)2/h10-11H,3-9H2,1-2H3. The first-order valence-corrected chi connectivity index (χ1v) is 8.10. The number of hydrogen-bond donors (Lipinski definition) is 0. The summed E-state index contributed by atoms with van der Waals surface area (Å²) >= 11 is 6.01. The van der Waals surface area contributed by atoms with Gasteiger partial charge >= 0.3 is 6.01 Å². The molecule has 2 aliphatic rings. The molecule has 2 fully saturated rings. The average molecular weight is 312 g/mol. The fourth-order valence-corrected chi connectivity index (χ4v) is 3.42. The molecule has 2 saturated heterocycles. The lowest BCUT2D eigenvalue weighted by Crippen LogP contribution is -2.59. The number of aromatic nitrogens is 3. The van der Waals surface area contributed by atoms with Gasteiger partial charge in [0.2, 0.25) is 11.2 Å². The first-order chi connectivity index (χ1) is 10.2. The van der Waals surface area contributed by atoms with E-state index in [-0.39, 0.29) is 5.28 Å². The third kappa shape index (κ3) is 3.21. The molecule has 0 N–H and O–H groups in total. The summed E-state index contributed by atoms with van der Waals surface area (Å²) in [4.78, 5) is 17.6. The van der Waals surface area contributed by atoms with E-state index >= 15 is 0 Å². The topological polar surface area (TPSA) is 54.4 Å². The lowest BCUT2D eigenvalue weighted by Gasteiger charge is -2.47. The van der Waals surface area contributed by atoms with Crippen LogP contribution < -0.4 is 9.64 Å². The Morgan fingerprint density at radius 3 is 2.90 bits per heavy atom. The number of fused-ring (bicyclic) bond motifs is 1. The smallest absolute Gasteiger partial charge is 0.322 e. The maximum atomic E-state index is 6.01. The van der Waals surface area contributed by atoms with Gasteiger partial charge in [0, 0.05) is 25.2 Å². The van der Waals surface area contributed by atoms with Crippen molar-refractivity contribution in [3.05, 3.63) is 5.28 Å². The van der Waals surface area contributed by atoms with Crippen molar-refractivity contribution in [1.29, 1.82) is 0 Å². The van der Waals surface area contributed by atoms with Crippen LogP contribution in [0.25, 0.3) is 0 Å². The zero-order chi connectivity index (χ0) is 14.8. The summed E-state index contributed by atoms with van der Waals surface area (Å²) in [6.45, 7) is 7.85. The fourth-order valence-electron chi connectivity index (χ4n) is 3.27. The molecule has 116 valence electrons. The third-order valence-corrected chi connectivity index (χ3v) is 4.46. The van der Waals surface area contributed by atoms with Gasteiger partial charge in [0.25, 0.3) is 0 Å². The van der Waals surface area contributed by atoms with Crippen LogP contribution in [0.3, 0.4) is 0 Å². The van der Waals surface area contributed by atoms with Crippen molar-refractivity contribution >= 4 is 17.5 Å². The summed E-state index contributed by atoms with van der Waals surface area (Å²) in [5, 5.41) is 0.196. The molecule has 0 spiro atoms. The quantitative estimate of drug-likeness (QED) is 0.851. The molecule has 7 heteroatoms. The van der Waals surface area contributed by atoms with Crippen molar-refractivity contribution in [1.82, 2.24) is 19.9 Å². The molecule has 0 bridgehead atoms. The van der Waals surface area contributed by atoms with E-state index < -0.39 is 0 Å². The highest BCUT2D eigenvalue weighted by molar-refractivity contribution is 6.28. The number of nitrogens with zero attached hydrogens (tertiary/aromatic N) is 5. The molecule has 21 heavy (non-hydrogen) atoms. The number of anilines is 1. The zero-order valence-corrected chi connectivity index (χ0v) is 13.4. The fraction of sp³-hybridized carbons (Fsp3) is 0.786. The highest BCUT2D eigenvalue weighted by Gasteiger charge is 2.34. The van der Waals surface area contributed by atoms with E-state index in [1.807, 2.05) is 6.92 Å². The maximum absolute atomic E-state index is 6.01. The first kappa shape index (κ1) is 14.8. The predicted molar refractivity (Wildman–Crippen MR) is 82.0 cm³/mol. The minimum Gasteiger partial charge on any atom is -0.464 e. The number of piperidine rings is 1. The average Bonchev–Trinajstić information content (AvgIpc) is 2.46. The largest absolute Gasteiger partial charge is 0.464 e. The van der Waals surface area contributed by atoms with Gasteiger partial charge in [-0.3, -0.25) is 4.90 Å². The molecule has 3 heterocycles. The van der Waals surface area contributed by atoms with Crippen LogP contribution in [0.15, 0.2) is 0 Å².